The van der Waals surface area contributed by atoms with Crippen molar-refractivity contribution in [2.45, 2.75) is 0 Å². The summed E-state index contributed by atoms with van der Waals surface area (Å²) >= 11 is 0. The Hall–Kier alpha value is -2.37. The molecule has 86 valence electrons. The van der Waals surface area contributed by atoms with E-state index in [1.165, 1.54) is 6.07 Å². The van der Waals surface area contributed by atoms with Crippen LogP contribution in [0, 0.1) is 11.6 Å². The molecule has 2 rings (SSSR count). The van der Waals surface area contributed by atoms with E-state index in [0.29, 0.717) is 0 Å². The number of carboxylic acids is 1. The Kier molecular flexibility index (Phi) is 2.78. The quantitative estimate of drug-likeness (QED) is 0.867. The lowest BCUT2D eigenvalue weighted by Gasteiger charge is -2.04. The van der Waals surface area contributed by atoms with Gasteiger partial charge in [0.15, 0.2) is 11.6 Å². The highest BCUT2D eigenvalue weighted by Crippen LogP contribution is 2.21. The Balaban J connectivity index is 2.58. The molecule has 1 heterocycles. The Bertz CT molecular complexity index is 570. The number of nitrogens with zero attached hydrogens (tertiary/aromatic N) is 2. The Morgan fingerprint density at radius 1 is 1.12 bits per heavy atom. The minimum absolute atomic E-state index is 0.0313. The van der Waals surface area contributed by atoms with Crippen LogP contribution in [0.1, 0.15) is 10.4 Å². The molecule has 0 saturated heterocycles. The van der Waals surface area contributed by atoms with E-state index >= 15 is 0 Å². The van der Waals surface area contributed by atoms with Gasteiger partial charge in [0, 0.05) is 5.56 Å². The zero-order chi connectivity index (χ0) is 12.4. The van der Waals surface area contributed by atoms with Crippen LogP contribution in [0.3, 0.4) is 0 Å². The molecule has 0 atom stereocenters. The summed E-state index contributed by atoms with van der Waals surface area (Å²) in [5.41, 5.74) is -0.129. The van der Waals surface area contributed by atoms with Gasteiger partial charge < -0.3 is 5.11 Å². The smallest absolute Gasteiger partial charge is 0.336 e. The first kappa shape index (κ1) is 11.1. The summed E-state index contributed by atoms with van der Waals surface area (Å²) in [6, 6.07) is 3.20. The van der Waals surface area contributed by atoms with E-state index in [1.807, 2.05) is 0 Å². The van der Waals surface area contributed by atoms with Gasteiger partial charge >= 0.3 is 5.97 Å². The van der Waals surface area contributed by atoms with Gasteiger partial charge in [0.25, 0.3) is 0 Å². The molecule has 0 radical (unpaired) electrons. The van der Waals surface area contributed by atoms with Crippen LogP contribution in [0.25, 0.3) is 11.4 Å². The van der Waals surface area contributed by atoms with Crippen LogP contribution in [-0.2, 0) is 0 Å². The van der Waals surface area contributed by atoms with Crippen molar-refractivity contribution in [1.82, 2.24) is 9.97 Å². The summed E-state index contributed by atoms with van der Waals surface area (Å²) in [6.45, 7) is 0. The monoisotopic (exact) mass is 236 g/mol. The number of hydrogen-bond donors (Lipinski definition) is 1. The molecule has 0 aliphatic carbocycles. The van der Waals surface area contributed by atoms with Crippen LogP contribution in [0.4, 0.5) is 8.78 Å². The molecule has 1 aromatic carbocycles. The van der Waals surface area contributed by atoms with Crippen LogP contribution in [-0.4, -0.2) is 21.0 Å². The molecule has 0 fully saturated rings. The highest BCUT2D eigenvalue weighted by Gasteiger charge is 2.14. The Labute approximate surface area is 94.6 Å². The molecule has 1 N–H and O–H groups in total. The summed E-state index contributed by atoms with van der Waals surface area (Å²) < 4.78 is 25.5. The SMILES string of the molecule is O=C(O)c1cc(F)ccc1-c1ncc(F)cn1. The lowest BCUT2D eigenvalue weighted by atomic mass is 10.1. The standard InChI is InChI=1S/C11H6F2N2O2/c12-6-1-2-8(9(3-6)11(16)17)10-14-4-7(13)5-15-10/h1-5H,(H,16,17). The van der Waals surface area contributed by atoms with Crippen LogP contribution >= 0.6 is 0 Å². The van der Waals surface area contributed by atoms with E-state index in [9.17, 15) is 13.6 Å². The van der Waals surface area contributed by atoms with Gasteiger partial charge in [-0.25, -0.2) is 23.5 Å². The fourth-order valence-corrected chi connectivity index (χ4v) is 1.34. The van der Waals surface area contributed by atoms with E-state index in [1.54, 1.807) is 0 Å². The van der Waals surface area contributed by atoms with Gasteiger partial charge in [-0.05, 0) is 18.2 Å². The van der Waals surface area contributed by atoms with E-state index in [4.69, 9.17) is 5.11 Å². The molecule has 0 aliphatic rings. The average molecular weight is 236 g/mol. The lowest BCUT2D eigenvalue weighted by Crippen LogP contribution is -2.02. The van der Waals surface area contributed by atoms with Gasteiger partial charge in [0.1, 0.15) is 5.82 Å². The molecule has 0 bridgehead atoms. The summed E-state index contributed by atoms with van der Waals surface area (Å²) in [6.07, 6.45) is 1.83. The Morgan fingerprint density at radius 2 is 1.76 bits per heavy atom. The van der Waals surface area contributed by atoms with E-state index < -0.39 is 17.6 Å². The third-order valence-corrected chi connectivity index (χ3v) is 2.07. The largest absolute Gasteiger partial charge is 0.478 e. The van der Waals surface area contributed by atoms with Crippen molar-refractivity contribution in [3.05, 3.63) is 47.8 Å². The molecule has 0 spiro atoms. The highest BCUT2D eigenvalue weighted by molar-refractivity contribution is 5.94. The third kappa shape index (κ3) is 2.25. The van der Waals surface area contributed by atoms with Crippen LogP contribution in [0.15, 0.2) is 30.6 Å². The zero-order valence-electron chi connectivity index (χ0n) is 8.39. The van der Waals surface area contributed by atoms with E-state index in [2.05, 4.69) is 9.97 Å². The van der Waals surface area contributed by atoms with E-state index in [0.717, 1.165) is 24.5 Å². The fraction of sp³-hybridized carbons (Fsp3) is 0. The molecule has 1 aromatic heterocycles. The highest BCUT2D eigenvalue weighted by atomic mass is 19.1. The summed E-state index contributed by atoms with van der Waals surface area (Å²) in [5.74, 6) is -2.57. The molecule has 17 heavy (non-hydrogen) atoms. The minimum atomic E-state index is -1.30. The van der Waals surface area contributed by atoms with Crippen molar-refractivity contribution in [3.8, 4) is 11.4 Å². The number of benzene rings is 1. The second kappa shape index (κ2) is 4.25. The van der Waals surface area contributed by atoms with Crippen molar-refractivity contribution in [2.75, 3.05) is 0 Å². The van der Waals surface area contributed by atoms with Crippen LogP contribution in [0.2, 0.25) is 0 Å². The minimum Gasteiger partial charge on any atom is -0.478 e. The number of carbonyl (C=O) groups is 1. The summed E-state index contributed by atoms with van der Waals surface area (Å²) in [4.78, 5) is 18.2. The van der Waals surface area contributed by atoms with Gasteiger partial charge in [-0.15, -0.1) is 0 Å². The van der Waals surface area contributed by atoms with Gasteiger partial charge in [-0.2, -0.15) is 0 Å². The first-order chi connectivity index (χ1) is 8.08. The second-order valence-electron chi connectivity index (χ2n) is 3.22. The number of rotatable bonds is 2. The van der Waals surface area contributed by atoms with Crippen molar-refractivity contribution in [2.24, 2.45) is 0 Å². The number of carboxylic acid groups (broad SMARTS) is 1. The molecule has 6 heteroatoms. The Morgan fingerprint density at radius 3 is 2.35 bits per heavy atom. The normalized spacial score (nSPS) is 10.2. The molecular weight excluding hydrogens is 230 g/mol. The van der Waals surface area contributed by atoms with Gasteiger partial charge in [-0.3, -0.25) is 0 Å². The van der Waals surface area contributed by atoms with Crippen LogP contribution < -0.4 is 0 Å². The number of hydrogen-bond acceptors (Lipinski definition) is 3. The van der Waals surface area contributed by atoms with Gasteiger partial charge in [0.2, 0.25) is 0 Å². The zero-order valence-corrected chi connectivity index (χ0v) is 8.39. The summed E-state index contributed by atoms with van der Waals surface area (Å²) in [7, 11) is 0. The van der Waals surface area contributed by atoms with Crippen molar-refractivity contribution < 1.29 is 18.7 Å². The van der Waals surface area contributed by atoms with Crippen LogP contribution in [0.5, 0.6) is 0 Å². The first-order valence-electron chi connectivity index (χ1n) is 4.58. The number of aromatic nitrogens is 2. The number of aromatic carboxylic acids is 1. The summed E-state index contributed by atoms with van der Waals surface area (Å²) in [5, 5.41) is 8.91. The predicted molar refractivity (Wildman–Crippen MR) is 54.3 cm³/mol. The fourth-order valence-electron chi connectivity index (χ4n) is 1.34. The number of halogens is 2. The molecular formula is C11H6F2N2O2. The molecule has 4 nitrogen and oxygen atoms in total. The maximum Gasteiger partial charge on any atom is 0.336 e. The van der Waals surface area contributed by atoms with Crippen molar-refractivity contribution in [1.29, 1.82) is 0 Å². The lowest BCUT2D eigenvalue weighted by molar-refractivity contribution is 0.0697. The maximum absolute atomic E-state index is 12.9. The predicted octanol–water partition coefficient (Wildman–Crippen LogP) is 2.12. The van der Waals surface area contributed by atoms with Crippen molar-refractivity contribution >= 4 is 5.97 Å². The average Bonchev–Trinajstić information content (AvgIpc) is 2.30. The molecule has 0 amide bonds. The van der Waals surface area contributed by atoms with Crippen molar-refractivity contribution in [3.63, 3.8) is 0 Å². The maximum atomic E-state index is 12.9. The second-order valence-corrected chi connectivity index (χ2v) is 3.22. The first-order valence-corrected chi connectivity index (χ1v) is 4.58. The van der Waals surface area contributed by atoms with E-state index in [-0.39, 0.29) is 17.0 Å². The topological polar surface area (TPSA) is 63.1 Å². The van der Waals surface area contributed by atoms with Gasteiger partial charge in [-0.1, -0.05) is 0 Å². The van der Waals surface area contributed by atoms with Gasteiger partial charge in [0.05, 0.1) is 18.0 Å². The molecule has 2 aromatic rings. The molecule has 0 unspecified atom stereocenters. The molecule has 0 aliphatic heterocycles. The molecule has 0 saturated carbocycles. The third-order valence-electron chi connectivity index (χ3n) is 2.07.